The second-order valence-corrected chi connectivity index (χ2v) is 10.0. The van der Waals surface area contributed by atoms with Crippen LogP contribution in [0.5, 0.6) is 5.75 Å². The number of phosphoric acid groups is 1. The van der Waals surface area contributed by atoms with Crippen LogP contribution >= 0.6 is 7.82 Å². The van der Waals surface area contributed by atoms with E-state index in [0.717, 1.165) is 4.90 Å². The summed E-state index contributed by atoms with van der Waals surface area (Å²) >= 11 is 0. The quantitative estimate of drug-likeness (QED) is 0.100. The van der Waals surface area contributed by atoms with Crippen molar-refractivity contribution in [2.24, 2.45) is 0 Å². The minimum absolute atomic E-state index is 0.00561. The molecular formula is C28H32NO12P. The molecule has 2 aromatic carbocycles. The van der Waals surface area contributed by atoms with Gasteiger partial charge < -0.3 is 23.5 Å². The number of carbonyl (C=O) groups is 4. The van der Waals surface area contributed by atoms with Gasteiger partial charge in [-0.25, -0.2) is 14.2 Å². The summed E-state index contributed by atoms with van der Waals surface area (Å²) in [4.78, 5) is 48.0. The van der Waals surface area contributed by atoms with Crippen LogP contribution < -0.4 is 4.52 Å². The predicted molar refractivity (Wildman–Crippen MR) is 146 cm³/mol. The molecule has 2 amide bonds. The fourth-order valence-electron chi connectivity index (χ4n) is 3.31. The average Bonchev–Trinajstić information content (AvgIpc) is 3.32. The fraction of sp³-hybridized carbons (Fsp3) is 0.357. The Morgan fingerprint density at radius 1 is 0.786 bits per heavy atom. The molecule has 2 aromatic rings. The molecule has 0 saturated heterocycles. The van der Waals surface area contributed by atoms with E-state index >= 15 is 0 Å². The lowest BCUT2D eigenvalue weighted by Crippen LogP contribution is -2.33. The summed E-state index contributed by atoms with van der Waals surface area (Å²) in [6, 6.07) is 14.5. The molecule has 42 heavy (non-hydrogen) atoms. The van der Waals surface area contributed by atoms with E-state index in [0.29, 0.717) is 17.7 Å². The first kappa shape index (κ1) is 32.6. The van der Waals surface area contributed by atoms with Gasteiger partial charge in [0.05, 0.1) is 38.5 Å². The molecule has 1 heterocycles. The molecule has 0 fully saturated rings. The topological polar surface area (TPSA) is 153 Å². The first-order chi connectivity index (χ1) is 20.3. The van der Waals surface area contributed by atoms with Crippen molar-refractivity contribution in [1.29, 1.82) is 0 Å². The van der Waals surface area contributed by atoms with Crippen molar-refractivity contribution < 1.29 is 56.3 Å². The van der Waals surface area contributed by atoms with E-state index in [1.54, 1.807) is 49.4 Å². The molecule has 0 aromatic heterocycles. The number of rotatable bonds is 19. The molecule has 226 valence electrons. The van der Waals surface area contributed by atoms with E-state index in [4.69, 9.17) is 32.5 Å². The van der Waals surface area contributed by atoms with Crippen LogP contribution in [0.3, 0.4) is 0 Å². The van der Waals surface area contributed by atoms with Crippen molar-refractivity contribution in [2.75, 3.05) is 52.8 Å². The number of hydrogen-bond acceptors (Lipinski definition) is 12. The molecule has 0 bridgehead atoms. The largest absolute Gasteiger partial charge is 0.530 e. The van der Waals surface area contributed by atoms with Gasteiger partial charge in [0.15, 0.2) is 0 Å². The Balaban J connectivity index is 1.50. The minimum Gasteiger partial charge on any atom is -0.460 e. The average molecular weight is 606 g/mol. The van der Waals surface area contributed by atoms with Crippen LogP contribution in [0.25, 0.3) is 0 Å². The number of benzene rings is 2. The third kappa shape index (κ3) is 11.2. The lowest BCUT2D eigenvalue weighted by atomic mass is 10.2. The molecule has 14 heteroatoms. The molecule has 0 spiro atoms. The van der Waals surface area contributed by atoms with Gasteiger partial charge in [-0.15, -0.1) is 0 Å². The minimum atomic E-state index is -4.22. The second kappa shape index (κ2) is 17.2. The lowest BCUT2D eigenvalue weighted by molar-refractivity contribution is -0.150. The van der Waals surface area contributed by atoms with E-state index in [9.17, 15) is 23.7 Å². The van der Waals surface area contributed by atoms with Crippen LogP contribution in [-0.2, 0) is 53.6 Å². The van der Waals surface area contributed by atoms with Crippen molar-refractivity contribution >= 4 is 31.6 Å². The second-order valence-electron chi connectivity index (χ2n) is 8.42. The molecule has 3 rings (SSSR count). The van der Waals surface area contributed by atoms with Gasteiger partial charge in [0.25, 0.3) is 11.8 Å². The van der Waals surface area contributed by atoms with Crippen molar-refractivity contribution in [3.05, 3.63) is 77.9 Å². The lowest BCUT2D eigenvalue weighted by Gasteiger charge is -2.19. The Kier molecular flexibility index (Phi) is 13.3. The van der Waals surface area contributed by atoms with Gasteiger partial charge in [-0.2, -0.15) is 0 Å². The van der Waals surface area contributed by atoms with Crippen LogP contribution in [0.1, 0.15) is 22.8 Å². The van der Waals surface area contributed by atoms with E-state index in [1.165, 1.54) is 24.3 Å². The van der Waals surface area contributed by atoms with Gasteiger partial charge in [-0.1, -0.05) is 30.3 Å². The normalized spacial score (nSPS) is 14.1. The maximum Gasteiger partial charge on any atom is 0.530 e. The van der Waals surface area contributed by atoms with E-state index < -0.39 is 31.6 Å². The number of carbonyl (C=O) groups excluding carboxylic acids is 4. The smallest absolute Gasteiger partial charge is 0.460 e. The maximum absolute atomic E-state index is 13.4. The van der Waals surface area contributed by atoms with Gasteiger partial charge in [-0.05, 0) is 36.8 Å². The number of imide groups is 1. The zero-order chi connectivity index (χ0) is 30.2. The molecule has 1 aliphatic heterocycles. The molecule has 0 N–H and O–H groups in total. The summed E-state index contributed by atoms with van der Waals surface area (Å²) in [5, 5.41) is 0. The number of esters is 2. The van der Waals surface area contributed by atoms with Crippen molar-refractivity contribution in [2.45, 2.75) is 13.5 Å². The number of hydrogen-bond donors (Lipinski definition) is 0. The molecule has 1 aliphatic rings. The summed E-state index contributed by atoms with van der Waals surface area (Å²) < 4.78 is 50.3. The Bertz CT molecular complexity index is 1250. The maximum atomic E-state index is 13.4. The zero-order valence-corrected chi connectivity index (χ0v) is 23.9. The Morgan fingerprint density at radius 2 is 1.45 bits per heavy atom. The van der Waals surface area contributed by atoms with Gasteiger partial charge in [0.2, 0.25) is 0 Å². The Hall–Kier alpha value is -3.87. The highest BCUT2D eigenvalue weighted by atomic mass is 31.2. The number of nitrogens with zero attached hydrogens (tertiary/aromatic N) is 1. The van der Waals surface area contributed by atoms with Crippen LogP contribution in [0.4, 0.5) is 0 Å². The highest BCUT2D eigenvalue weighted by Gasteiger charge is 2.29. The van der Waals surface area contributed by atoms with Gasteiger partial charge in [-0.3, -0.25) is 23.5 Å². The van der Waals surface area contributed by atoms with Gasteiger partial charge >= 0.3 is 19.8 Å². The number of phosphoric ester groups is 1. The van der Waals surface area contributed by atoms with E-state index in [1.807, 2.05) is 0 Å². The third-order valence-corrected chi connectivity index (χ3v) is 6.81. The van der Waals surface area contributed by atoms with Gasteiger partial charge in [0.1, 0.15) is 25.6 Å². The SMILES string of the molecule is CCOCC(=O)OCc1ccc(OP(=O)(OCCOCCN2C(=O)C=CC2=O)OCCOC(=O)c2ccccc2)cc1. The molecule has 1 atom stereocenters. The highest BCUT2D eigenvalue weighted by Crippen LogP contribution is 2.49. The molecule has 0 aliphatic carbocycles. The molecule has 0 radical (unpaired) electrons. The summed E-state index contributed by atoms with van der Waals surface area (Å²) in [5.74, 6) is -1.79. The van der Waals surface area contributed by atoms with Crippen LogP contribution in [0, 0.1) is 0 Å². The monoisotopic (exact) mass is 605 g/mol. The number of ether oxygens (including phenoxy) is 4. The zero-order valence-electron chi connectivity index (χ0n) is 23.0. The van der Waals surface area contributed by atoms with Crippen molar-refractivity contribution in [1.82, 2.24) is 4.90 Å². The molecule has 0 saturated carbocycles. The molecule has 1 unspecified atom stereocenters. The van der Waals surface area contributed by atoms with E-state index in [2.05, 4.69) is 0 Å². The molecule has 13 nitrogen and oxygen atoms in total. The molecular weight excluding hydrogens is 573 g/mol. The summed E-state index contributed by atoms with van der Waals surface area (Å²) in [5.41, 5.74) is 0.998. The summed E-state index contributed by atoms with van der Waals surface area (Å²) in [6.07, 6.45) is 2.35. The van der Waals surface area contributed by atoms with E-state index in [-0.39, 0.29) is 58.5 Å². The van der Waals surface area contributed by atoms with Crippen LogP contribution in [0.15, 0.2) is 66.7 Å². The van der Waals surface area contributed by atoms with Crippen LogP contribution in [-0.4, -0.2) is 81.4 Å². The summed E-state index contributed by atoms with van der Waals surface area (Å²) in [7, 11) is -4.22. The van der Waals surface area contributed by atoms with Crippen molar-refractivity contribution in [3.63, 3.8) is 0 Å². The Labute approximate surface area is 242 Å². The van der Waals surface area contributed by atoms with Crippen molar-refractivity contribution in [3.8, 4) is 5.75 Å². The predicted octanol–water partition coefficient (Wildman–Crippen LogP) is 3.09. The fourth-order valence-corrected chi connectivity index (χ4v) is 4.47. The summed E-state index contributed by atoms with van der Waals surface area (Å²) in [6.45, 7) is 1.33. The Morgan fingerprint density at radius 3 is 2.12 bits per heavy atom. The standard InChI is InChI=1S/C28H32NO12P/c1-2-35-21-27(32)38-20-22-8-10-24(11-9-22)41-42(34,40-19-17-37-28(33)23-6-4-3-5-7-23)39-18-16-36-15-14-29-25(30)12-13-26(29)31/h3-13H,2,14-21H2,1H3. The highest BCUT2D eigenvalue weighted by molar-refractivity contribution is 7.48. The first-order valence-corrected chi connectivity index (χ1v) is 14.5. The van der Waals surface area contributed by atoms with Crippen LogP contribution in [0.2, 0.25) is 0 Å². The van der Waals surface area contributed by atoms with Gasteiger partial charge in [0, 0.05) is 18.8 Å². The number of amides is 2. The first-order valence-electron chi connectivity index (χ1n) is 13.0. The third-order valence-electron chi connectivity index (χ3n) is 5.38.